The van der Waals surface area contributed by atoms with Crippen LogP contribution >= 0.6 is 0 Å². The van der Waals surface area contributed by atoms with Gasteiger partial charge in [0.1, 0.15) is 11.3 Å². The first-order valence-electron chi connectivity index (χ1n) is 5.86. The molecule has 2 rings (SSSR count). The van der Waals surface area contributed by atoms with Gasteiger partial charge < -0.3 is 9.84 Å². The number of esters is 1. The third-order valence-corrected chi connectivity index (χ3v) is 2.72. The lowest BCUT2D eigenvalue weighted by molar-refractivity contribution is 0.0597. The third-order valence-electron chi connectivity index (χ3n) is 2.72. The minimum atomic E-state index is -0.550. The average Bonchev–Trinajstić information content (AvgIpc) is 2.45. The highest BCUT2D eigenvalue weighted by atomic mass is 16.5. The van der Waals surface area contributed by atoms with Crippen molar-refractivity contribution in [2.75, 3.05) is 7.11 Å². The number of carbonyl (C=O) groups excluding carboxylic acids is 1. The van der Waals surface area contributed by atoms with Crippen LogP contribution in [0, 0.1) is 0 Å². The minimum Gasteiger partial charge on any atom is -0.507 e. The van der Waals surface area contributed by atoms with Crippen LogP contribution in [0.25, 0.3) is 12.2 Å². The van der Waals surface area contributed by atoms with Gasteiger partial charge in [0, 0.05) is 0 Å². The van der Waals surface area contributed by atoms with Gasteiger partial charge in [-0.15, -0.1) is 0 Å². The quantitative estimate of drug-likeness (QED) is 0.675. The number of carbonyl (C=O) groups is 1. The highest BCUT2D eigenvalue weighted by Gasteiger charge is 2.14. The summed E-state index contributed by atoms with van der Waals surface area (Å²) in [7, 11) is 1.29. The molecule has 0 bridgehead atoms. The van der Waals surface area contributed by atoms with Gasteiger partial charge in [-0.25, -0.2) is 4.79 Å². The van der Waals surface area contributed by atoms with Crippen molar-refractivity contribution in [3.05, 3.63) is 65.2 Å². The first-order chi connectivity index (χ1) is 9.22. The van der Waals surface area contributed by atoms with Gasteiger partial charge in [-0.2, -0.15) is 0 Å². The van der Waals surface area contributed by atoms with Gasteiger partial charge in [-0.1, -0.05) is 54.6 Å². The molecule has 0 aliphatic heterocycles. The van der Waals surface area contributed by atoms with Crippen LogP contribution in [0.4, 0.5) is 0 Å². The van der Waals surface area contributed by atoms with Crippen LogP contribution in [0.2, 0.25) is 0 Å². The van der Waals surface area contributed by atoms with Gasteiger partial charge in [-0.3, -0.25) is 0 Å². The summed E-state index contributed by atoms with van der Waals surface area (Å²) in [5.74, 6) is -0.632. The van der Waals surface area contributed by atoms with E-state index in [1.54, 1.807) is 18.2 Å². The first-order valence-corrected chi connectivity index (χ1v) is 5.86. The molecular formula is C16H14O3. The third kappa shape index (κ3) is 3.01. The van der Waals surface area contributed by atoms with Crippen molar-refractivity contribution in [1.82, 2.24) is 0 Å². The summed E-state index contributed by atoms with van der Waals surface area (Å²) in [6.07, 6.45) is 3.66. The molecule has 0 spiro atoms. The molecule has 3 heteroatoms. The van der Waals surface area contributed by atoms with E-state index in [9.17, 15) is 9.90 Å². The van der Waals surface area contributed by atoms with Crippen molar-refractivity contribution in [2.45, 2.75) is 0 Å². The van der Waals surface area contributed by atoms with Gasteiger partial charge in [0.15, 0.2) is 0 Å². The monoisotopic (exact) mass is 254 g/mol. The number of ether oxygens (including phenoxy) is 1. The summed E-state index contributed by atoms with van der Waals surface area (Å²) in [5, 5.41) is 9.76. The molecule has 0 aromatic heterocycles. The van der Waals surface area contributed by atoms with E-state index >= 15 is 0 Å². The number of aromatic hydroxyl groups is 1. The molecule has 0 aliphatic carbocycles. The fourth-order valence-electron chi connectivity index (χ4n) is 1.77. The van der Waals surface area contributed by atoms with E-state index in [1.165, 1.54) is 13.2 Å². The number of rotatable bonds is 3. The Morgan fingerprint density at radius 1 is 1.05 bits per heavy atom. The Bertz CT molecular complexity index is 601. The molecule has 0 saturated carbocycles. The predicted octanol–water partition coefficient (Wildman–Crippen LogP) is 3.35. The lowest BCUT2D eigenvalue weighted by Gasteiger charge is -2.06. The second-order valence-electron chi connectivity index (χ2n) is 3.98. The molecule has 0 atom stereocenters. The predicted molar refractivity (Wildman–Crippen MR) is 74.8 cm³/mol. The Hall–Kier alpha value is -2.55. The second-order valence-corrected chi connectivity index (χ2v) is 3.98. The first kappa shape index (κ1) is 12.9. The molecule has 0 aliphatic rings. The standard InChI is InChI=1S/C16H14O3/c1-19-16(18)15-13(8-5-9-14(15)17)11-10-12-6-3-2-4-7-12/h2-11,17H,1H3. The molecule has 1 N–H and O–H groups in total. The number of methoxy groups -OCH3 is 1. The Balaban J connectivity index is 2.38. The van der Waals surface area contributed by atoms with E-state index < -0.39 is 5.97 Å². The molecule has 0 saturated heterocycles. The van der Waals surface area contributed by atoms with Crippen LogP contribution in [-0.2, 0) is 4.74 Å². The largest absolute Gasteiger partial charge is 0.507 e. The minimum absolute atomic E-state index is 0.0814. The zero-order valence-electron chi connectivity index (χ0n) is 10.5. The molecule has 0 amide bonds. The molecule has 96 valence electrons. The van der Waals surface area contributed by atoms with Crippen LogP contribution in [0.1, 0.15) is 21.5 Å². The Morgan fingerprint density at radius 3 is 2.47 bits per heavy atom. The maximum absolute atomic E-state index is 11.7. The second kappa shape index (κ2) is 5.87. The molecule has 2 aromatic carbocycles. The van der Waals surface area contributed by atoms with Gasteiger partial charge in [0.25, 0.3) is 0 Å². The molecule has 3 nitrogen and oxygen atoms in total. The van der Waals surface area contributed by atoms with Crippen LogP contribution < -0.4 is 0 Å². The van der Waals surface area contributed by atoms with Crippen LogP contribution in [0.5, 0.6) is 5.75 Å². The van der Waals surface area contributed by atoms with Crippen molar-refractivity contribution in [2.24, 2.45) is 0 Å². The summed E-state index contributed by atoms with van der Waals surface area (Å²) in [6, 6.07) is 14.6. The summed E-state index contributed by atoms with van der Waals surface area (Å²) in [5.41, 5.74) is 1.81. The van der Waals surface area contributed by atoms with E-state index in [2.05, 4.69) is 4.74 Å². The zero-order valence-corrected chi connectivity index (χ0v) is 10.5. The molecule has 2 aromatic rings. The average molecular weight is 254 g/mol. The highest BCUT2D eigenvalue weighted by Crippen LogP contribution is 2.23. The number of benzene rings is 2. The van der Waals surface area contributed by atoms with Crippen LogP contribution in [0.3, 0.4) is 0 Å². The van der Waals surface area contributed by atoms with Gasteiger partial charge in [0.05, 0.1) is 7.11 Å². The molecule has 0 heterocycles. The lowest BCUT2D eigenvalue weighted by Crippen LogP contribution is -2.03. The van der Waals surface area contributed by atoms with Gasteiger partial charge in [0.2, 0.25) is 0 Å². The fraction of sp³-hybridized carbons (Fsp3) is 0.0625. The topological polar surface area (TPSA) is 46.5 Å². The van der Waals surface area contributed by atoms with Crippen molar-refractivity contribution in [1.29, 1.82) is 0 Å². The Morgan fingerprint density at radius 2 is 1.79 bits per heavy atom. The van der Waals surface area contributed by atoms with E-state index in [1.807, 2.05) is 36.4 Å². The fourth-order valence-corrected chi connectivity index (χ4v) is 1.77. The lowest BCUT2D eigenvalue weighted by atomic mass is 10.0. The SMILES string of the molecule is COC(=O)c1c(O)cccc1C=Cc1ccccc1. The highest BCUT2D eigenvalue weighted by molar-refractivity contribution is 5.97. The van der Waals surface area contributed by atoms with Gasteiger partial charge >= 0.3 is 5.97 Å². The smallest absolute Gasteiger partial charge is 0.342 e. The molecule has 0 radical (unpaired) electrons. The molecular weight excluding hydrogens is 240 g/mol. The summed E-state index contributed by atoms with van der Waals surface area (Å²) in [6.45, 7) is 0. The van der Waals surface area contributed by atoms with Crippen molar-refractivity contribution < 1.29 is 14.6 Å². The Kier molecular flexibility index (Phi) is 3.98. The number of phenolic OH excluding ortho intramolecular Hbond substituents is 1. The van der Waals surface area contributed by atoms with E-state index in [4.69, 9.17) is 0 Å². The van der Waals surface area contributed by atoms with Crippen molar-refractivity contribution >= 4 is 18.1 Å². The molecule has 0 fully saturated rings. The van der Waals surface area contributed by atoms with E-state index in [0.717, 1.165) is 5.56 Å². The summed E-state index contributed by atoms with van der Waals surface area (Å²) >= 11 is 0. The maximum atomic E-state index is 11.7. The molecule has 19 heavy (non-hydrogen) atoms. The van der Waals surface area contributed by atoms with Crippen LogP contribution in [0.15, 0.2) is 48.5 Å². The van der Waals surface area contributed by atoms with Crippen LogP contribution in [-0.4, -0.2) is 18.2 Å². The molecule has 0 unspecified atom stereocenters. The number of hydrogen-bond acceptors (Lipinski definition) is 3. The van der Waals surface area contributed by atoms with Gasteiger partial charge in [-0.05, 0) is 17.2 Å². The van der Waals surface area contributed by atoms with E-state index in [0.29, 0.717) is 5.56 Å². The van der Waals surface area contributed by atoms with Crippen molar-refractivity contribution in [3.8, 4) is 5.75 Å². The number of hydrogen-bond donors (Lipinski definition) is 1. The maximum Gasteiger partial charge on any atom is 0.342 e. The zero-order chi connectivity index (χ0) is 13.7. The number of phenols is 1. The summed E-state index contributed by atoms with van der Waals surface area (Å²) in [4.78, 5) is 11.7. The Labute approximate surface area is 111 Å². The van der Waals surface area contributed by atoms with Crippen molar-refractivity contribution in [3.63, 3.8) is 0 Å². The normalized spacial score (nSPS) is 10.6. The van der Waals surface area contributed by atoms with E-state index in [-0.39, 0.29) is 11.3 Å². The summed E-state index contributed by atoms with van der Waals surface area (Å²) < 4.78 is 4.68.